The van der Waals surface area contributed by atoms with Gasteiger partial charge in [0.15, 0.2) is 0 Å². The van der Waals surface area contributed by atoms with Crippen LogP contribution in [-0.2, 0) is 0 Å². The van der Waals surface area contributed by atoms with Gasteiger partial charge < -0.3 is 5.21 Å². The lowest BCUT2D eigenvalue weighted by atomic mass is 10.1. The predicted octanol–water partition coefficient (Wildman–Crippen LogP) is 3.31. The quantitative estimate of drug-likeness (QED) is 0.358. The van der Waals surface area contributed by atoms with Crippen LogP contribution in [0.25, 0.3) is 0 Å². The average molecular weight is 209 g/mol. The van der Waals surface area contributed by atoms with Crippen molar-refractivity contribution in [3.63, 3.8) is 0 Å². The van der Waals surface area contributed by atoms with Crippen molar-refractivity contribution in [3.05, 3.63) is 29.3 Å². The molecule has 0 radical (unpaired) electrons. The normalized spacial score (nSPS) is 11.8. The van der Waals surface area contributed by atoms with E-state index in [0.29, 0.717) is 5.71 Å². The molecule has 0 aromatic heterocycles. The van der Waals surface area contributed by atoms with E-state index in [2.05, 4.69) is 31.1 Å². The van der Waals surface area contributed by atoms with Gasteiger partial charge in [-0.15, -0.1) is 11.8 Å². The van der Waals surface area contributed by atoms with E-state index >= 15 is 0 Å². The molecule has 0 saturated heterocycles. The number of benzene rings is 1. The SMILES string of the molecule is CCSc1cc(/C(C)=N/O)ccc1C. The first-order valence-electron chi connectivity index (χ1n) is 4.61. The summed E-state index contributed by atoms with van der Waals surface area (Å²) in [5.41, 5.74) is 2.91. The minimum atomic E-state index is 0.656. The minimum absolute atomic E-state index is 0.656. The molecule has 0 saturated carbocycles. The Morgan fingerprint density at radius 3 is 2.79 bits per heavy atom. The van der Waals surface area contributed by atoms with Gasteiger partial charge in [0.1, 0.15) is 0 Å². The lowest BCUT2D eigenvalue weighted by molar-refractivity contribution is 0.319. The molecule has 0 fully saturated rings. The van der Waals surface area contributed by atoms with Crippen molar-refractivity contribution in [1.29, 1.82) is 0 Å². The van der Waals surface area contributed by atoms with Gasteiger partial charge in [0.05, 0.1) is 5.71 Å². The molecule has 1 rings (SSSR count). The highest BCUT2D eigenvalue weighted by Gasteiger charge is 2.02. The fourth-order valence-corrected chi connectivity index (χ4v) is 2.01. The molecule has 0 spiro atoms. The standard InChI is InChI=1S/C11H15NOS/c1-4-14-11-7-10(9(3)12-13)6-5-8(11)2/h5-7,13H,4H2,1-3H3/b12-9+. The minimum Gasteiger partial charge on any atom is -0.411 e. The van der Waals surface area contributed by atoms with Gasteiger partial charge in [0.2, 0.25) is 0 Å². The number of hydrogen-bond acceptors (Lipinski definition) is 3. The van der Waals surface area contributed by atoms with E-state index in [1.165, 1.54) is 10.5 Å². The van der Waals surface area contributed by atoms with Crippen LogP contribution in [0.3, 0.4) is 0 Å². The molecule has 0 heterocycles. The van der Waals surface area contributed by atoms with Crippen molar-refractivity contribution in [2.75, 3.05) is 5.75 Å². The second kappa shape index (κ2) is 5.05. The Morgan fingerprint density at radius 2 is 2.21 bits per heavy atom. The highest BCUT2D eigenvalue weighted by atomic mass is 32.2. The summed E-state index contributed by atoms with van der Waals surface area (Å²) >= 11 is 1.81. The Labute approximate surface area is 89.0 Å². The average Bonchev–Trinajstić information content (AvgIpc) is 2.20. The number of rotatable bonds is 3. The van der Waals surface area contributed by atoms with Crippen molar-refractivity contribution in [2.45, 2.75) is 25.7 Å². The third kappa shape index (κ3) is 2.51. The maximum absolute atomic E-state index is 8.66. The largest absolute Gasteiger partial charge is 0.411 e. The van der Waals surface area contributed by atoms with Crippen molar-refractivity contribution >= 4 is 17.5 Å². The second-order valence-corrected chi connectivity index (χ2v) is 4.40. The predicted molar refractivity (Wildman–Crippen MR) is 61.6 cm³/mol. The van der Waals surface area contributed by atoms with E-state index < -0.39 is 0 Å². The molecule has 76 valence electrons. The molecule has 1 aromatic rings. The van der Waals surface area contributed by atoms with Crippen molar-refractivity contribution in [1.82, 2.24) is 0 Å². The monoisotopic (exact) mass is 209 g/mol. The lowest BCUT2D eigenvalue weighted by Crippen LogP contribution is -1.95. The first-order chi connectivity index (χ1) is 6.69. The Hall–Kier alpha value is -0.960. The Morgan fingerprint density at radius 1 is 1.50 bits per heavy atom. The van der Waals surface area contributed by atoms with Crippen LogP contribution in [0.1, 0.15) is 25.0 Å². The van der Waals surface area contributed by atoms with Crippen molar-refractivity contribution < 1.29 is 5.21 Å². The van der Waals surface area contributed by atoms with E-state index in [9.17, 15) is 0 Å². The molecule has 0 aliphatic heterocycles. The van der Waals surface area contributed by atoms with Gasteiger partial charge in [-0.3, -0.25) is 0 Å². The molecule has 14 heavy (non-hydrogen) atoms. The van der Waals surface area contributed by atoms with Crippen LogP contribution in [0.5, 0.6) is 0 Å². The molecular formula is C11H15NOS. The smallest absolute Gasteiger partial charge is 0.0837 e. The number of aryl methyl sites for hydroxylation is 1. The molecule has 1 N–H and O–H groups in total. The topological polar surface area (TPSA) is 32.6 Å². The van der Waals surface area contributed by atoms with Gasteiger partial charge in [-0.2, -0.15) is 0 Å². The molecule has 1 aromatic carbocycles. The van der Waals surface area contributed by atoms with Crippen LogP contribution in [0.2, 0.25) is 0 Å². The van der Waals surface area contributed by atoms with Crippen LogP contribution in [0, 0.1) is 6.92 Å². The summed E-state index contributed by atoms with van der Waals surface area (Å²) in [6.07, 6.45) is 0. The van der Waals surface area contributed by atoms with E-state index in [0.717, 1.165) is 11.3 Å². The first kappa shape index (κ1) is 11.1. The van der Waals surface area contributed by atoms with E-state index in [1.807, 2.05) is 17.8 Å². The summed E-state index contributed by atoms with van der Waals surface area (Å²) in [6, 6.07) is 6.10. The molecule has 3 heteroatoms. The van der Waals surface area contributed by atoms with Crippen LogP contribution in [0.15, 0.2) is 28.3 Å². The van der Waals surface area contributed by atoms with Crippen molar-refractivity contribution in [3.8, 4) is 0 Å². The molecule has 0 unspecified atom stereocenters. The van der Waals surface area contributed by atoms with Crippen LogP contribution < -0.4 is 0 Å². The van der Waals surface area contributed by atoms with Gasteiger partial charge in [-0.1, -0.05) is 24.2 Å². The van der Waals surface area contributed by atoms with Gasteiger partial charge in [-0.25, -0.2) is 0 Å². The molecule has 0 atom stereocenters. The highest BCUT2D eigenvalue weighted by Crippen LogP contribution is 2.23. The maximum atomic E-state index is 8.66. The second-order valence-electron chi connectivity index (χ2n) is 3.10. The fourth-order valence-electron chi connectivity index (χ4n) is 1.19. The zero-order valence-corrected chi connectivity index (χ0v) is 9.56. The summed E-state index contributed by atoms with van der Waals surface area (Å²) in [5, 5.41) is 11.9. The third-order valence-electron chi connectivity index (χ3n) is 2.06. The third-order valence-corrected chi connectivity index (χ3v) is 3.10. The van der Waals surface area contributed by atoms with E-state index in [4.69, 9.17) is 5.21 Å². The zero-order chi connectivity index (χ0) is 10.6. The number of hydrogen-bond donors (Lipinski definition) is 1. The summed E-state index contributed by atoms with van der Waals surface area (Å²) in [6.45, 7) is 6.02. The first-order valence-corrected chi connectivity index (χ1v) is 5.60. The number of thioether (sulfide) groups is 1. The van der Waals surface area contributed by atoms with Gasteiger partial charge >= 0.3 is 0 Å². The molecule has 0 aliphatic carbocycles. The summed E-state index contributed by atoms with van der Waals surface area (Å²) < 4.78 is 0. The summed E-state index contributed by atoms with van der Waals surface area (Å²) in [7, 11) is 0. The van der Waals surface area contributed by atoms with Crippen LogP contribution in [-0.4, -0.2) is 16.7 Å². The Balaban J connectivity index is 3.06. The molecule has 2 nitrogen and oxygen atoms in total. The molecule has 0 aliphatic rings. The fraction of sp³-hybridized carbons (Fsp3) is 0.364. The summed E-state index contributed by atoms with van der Waals surface area (Å²) in [4.78, 5) is 1.26. The van der Waals surface area contributed by atoms with Crippen LogP contribution in [0.4, 0.5) is 0 Å². The molecular weight excluding hydrogens is 194 g/mol. The van der Waals surface area contributed by atoms with Crippen molar-refractivity contribution in [2.24, 2.45) is 5.16 Å². The van der Waals surface area contributed by atoms with Gasteiger partial charge in [-0.05, 0) is 31.2 Å². The van der Waals surface area contributed by atoms with Gasteiger partial charge in [0.25, 0.3) is 0 Å². The highest BCUT2D eigenvalue weighted by molar-refractivity contribution is 7.99. The molecule has 0 bridgehead atoms. The number of nitrogens with zero attached hydrogens (tertiary/aromatic N) is 1. The molecule has 0 amide bonds. The Bertz CT molecular complexity index is 347. The maximum Gasteiger partial charge on any atom is 0.0837 e. The van der Waals surface area contributed by atoms with Crippen LogP contribution >= 0.6 is 11.8 Å². The van der Waals surface area contributed by atoms with E-state index in [1.54, 1.807) is 6.92 Å². The Kier molecular flexibility index (Phi) is 4.01. The lowest BCUT2D eigenvalue weighted by Gasteiger charge is -2.06. The van der Waals surface area contributed by atoms with E-state index in [-0.39, 0.29) is 0 Å². The zero-order valence-electron chi connectivity index (χ0n) is 8.74. The van der Waals surface area contributed by atoms with Gasteiger partial charge in [0, 0.05) is 10.5 Å². The summed E-state index contributed by atoms with van der Waals surface area (Å²) in [5.74, 6) is 1.06. The number of oxime groups is 1.